The Morgan fingerprint density at radius 1 is 1.47 bits per heavy atom. The van der Waals surface area contributed by atoms with Gasteiger partial charge in [-0.15, -0.1) is 0 Å². The van der Waals surface area contributed by atoms with Crippen molar-refractivity contribution in [1.82, 2.24) is 0 Å². The van der Waals surface area contributed by atoms with Crippen molar-refractivity contribution in [2.45, 2.75) is 8.15 Å². The lowest BCUT2D eigenvalue weighted by Crippen LogP contribution is -2.19. The van der Waals surface area contributed by atoms with Crippen molar-refractivity contribution in [3.05, 3.63) is 33.9 Å². The van der Waals surface area contributed by atoms with E-state index in [0.717, 1.165) is 27.7 Å². The van der Waals surface area contributed by atoms with E-state index in [2.05, 4.69) is 0 Å². The van der Waals surface area contributed by atoms with E-state index in [1.54, 1.807) is 0 Å². The highest BCUT2D eigenvalue weighted by atomic mass is 127. The standard InChI is InChI=1S/C9H7IN2O5S2/c10-7(8(11)13)19-18-4-1-2-6(12(16)17)5(3-4)9(14)15/h1-3,7H,(H2,11,13)(H,14,15). The Morgan fingerprint density at radius 2 is 2.11 bits per heavy atom. The first kappa shape index (κ1) is 16.0. The maximum atomic E-state index is 10.9. The molecule has 1 aromatic rings. The van der Waals surface area contributed by atoms with E-state index >= 15 is 0 Å². The average Bonchev–Trinajstić information content (AvgIpc) is 2.35. The molecule has 10 heteroatoms. The summed E-state index contributed by atoms with van der Waals surface area (Å²) in [6.07, 6.45) is 0. The Hall–Kier alpha value is -1.01. The van der Waals surface area contributed by atoms with Gasteiger partial charge in [0.05, 0.1) is 4.92 Å². The molecule has 1 atom stereocenters. The number of carbonyl (C=O) groups is 2. The molecule has 0 radical (unpaired) electrons. The second kappa shape index (κ2) is 6.96. The number of hydrogen-bond acceptors (Lipinski definition) is 6. The number of nitrogens with zero attached hydrogens (tertiary/aromatic N) is 1. The lowest BCUT2D eigenvalue weighted by Gasteiger charge is -2.05. The van der Waals surface area contributed by atoms with Gasteiger partial charge in [0.25, 0.3) is 5.69 Å². The highest BCUT2D eigenvalue weighted by Crippen LogP contribution is 2.38. The van der Waals surface area contributed by atoms with Crippen LogP contribution in [0.4, 0.5) is 5.69 Å². The number of aromatic carboxylic acids is 1. The minimum Gasteiger partial charge on any atom is -0.477 e. The van der Waals surface area contributed by atoms with Crippen LogP contribution in [-0.2, 0) is 4.79 Å². The monoisotopic (exact) mass is 414 g/mol. The summed E-state index contributed by atoms with van der Waals surface area (Å²) in [6.45, 7) is 0. The molecule has 1 amide bonds. The van der Waals surface area contributed by atoms with E-state index < -0.39 is 25.7 Å². The minimum atomic E-state index is -1.37. The van der Waals surface area contributed by atoms with Crippen LogP contribution >= 0.6 is 44.2 Å². The van der Waals surface area contributed by atoms with Crippen molar-refractivity contribution in [2.75, 3.05) is 0 Å². The van der Waals surface area contributed by atoms with E-state index in [4.69, 9.17) is 10.8 Å². The number of amides is 1. The van der Waals surface area contributed by atoms with Gasteiger partial charge in [0, 0.05) is 11.0 Å². The van der Waals surface area contributed by atoms with Crippen LogP contribution < -0.4 is 5.73 Å². The Morgan fingerprint density at radius 3 is 2.58 bits per heavy atom. The molecule has 1 aromatic carbocycles. The van der Waals surface area contributed by atoms with Gasteiger partial charge in [0.1, 0.15) is 8.82 Å². The topological polar surface area (TPSA) is 124 Å². The summed E-state index contributed by atoms with van der Waals surface area (Å²) in [4.78, 5) is 32.2. The Kier molecular flexibility index (Phi) is 5.87. The lowest BCUT2D eigenvalue weighted by atomic mass is 10.2. The van der Waals surface area contributed by atoms with Crippen LogP contribution in [0.5, 0.6) is 0 Å². The summed E-state index contributed by atoms with van der Waals surface area (Å²) in [5.74, 6) is -1.88. The molecule has 1 unspecified atom stereocenters. The highest BCUT2D eigenvalue weighted by Gasteiger charge is 2.21. The van der Waals surface area contributed by atoms with Crippen LogP contribution in [0.1, 0.15) is 10.4 Å². The first-order valence-electron chi connectivity index (χ1n) is 4.61. The number of hydrogen-bond donors (Lipinski definition) is 2. The molecular weight excluding hydrogens is 407 g/mol. The number of nitro benzene ring substituents is 1. The Bertz CT molecular complexity index is 539. The molecule has 0 spiro atoms. The molecule has 0 aliphatic carbocycles. The minimum absolute atomic E-state index is 0.389. The number of nitro groups is 1. The number of benzene rings is 1. The molecule has 0 bridgehead atoms. The first-order chi connectivity index (χ1) is 8.82. The third kappa shape index (κ3) is 4.54. The summed E-state index contributed by atoms with van der Waals surface area (Å²) in [5, 5.41) is 19.6. The summed E-state index contributed by atoms with van der Waals surface area (Å²) < 4.78 is -0.480. The van der Waals surface area contributed by atoms with Gasteiger partial charge in [-0.1, -0.05) is 44.2 Å². The summed E-state index contributed by atoms with van der Waals surface area (Å²) >= 11 is 1.84. The van der Waals surface area contributed by atoms with E-state index in [-0.39, 0.29) is 5.56 Å². The molecule has 0 fully saturated rings. The number of carboxylic acid groups (broad SMARTS) is 1. The molecule has 1 rings (SSSR count). The largest absolute Gasteiger partial charge is 0.477 e. The normalized spacial score (nSPS) is 11.8. The molecule has 0 aliphatic rings. The summed E-state index contributed by atoms with van der Waals surface area (Å²) in [6, 6.07) is 3.74. The van der Waals surface area contributed by atoms with Crippen molar-refractivity contribution >= 4 is 61.7 Å². The Balaban J connectivity index is 2.93. The predicted molar refractivity (Wildman–Crippen MR) is 80.5 cm³/mol. The van der Waals surface area contributed by atoms with Gasteiger partial charge in [0.2, 0.25) is 5.91 Å². The van der Waals surface area contributed by atoms with E-state index in [0.29, 0.717) is 4.90 Å². The fourth-order valence-electron chi connectivity index (χ4n) is 1.04. The zero-order valence-electron chi connectivity index (χ0n) is 9.11. The van der Waals surface area contributed by atoms with E-state index in [1.807, 2.05) is 22.6 Å². The van der Waals surface area contributed by atoms with E-state index in [9.17, 15) is 19.7 Å². The van der Waals surface area contributed by atoms with Crippen LogP contribution in [0.15, 0.2) is 23.1 Å². The zero-order valence-corrected chi connectivity index (χ0v) is 12.9. The SMILES string of the molecule is NC(=O)C(I)SSc1ccc([N+](=O)[O-])c(C(=O)O)c1. The molecule has 19 heavy (non-hydrogen) atoms. The average molecular weight is 414 g/mol. The molecule has 7 nitrogen and oxygen atoms in total. The molecule has 0 heterocycles. The molecule has 0 saturated heterocycles. The van der Waals surface area contributed by atoms with Gasteiger partial charge < -0.3 is 10.8 Å². The molecule has 3 N–H and O–H groups in total. The van der Waals surface area contributed by atoms with Crippen molar-refractivity contribution in [1.29, 1.82) is 0 Å². The number of carboxylic acids is 1. The van der Waals surface area contributed by atoms with Crippen molar-refractivity contribution < 1.29 is 19.6 Å². The predicted octanol–water partition coefficient (Wildman–Crippen LogP) is 2.28. The van der Waals surface area contributed by atoms with Crippen LogP contribution in [0.2, 0.25) is 0 Å². The molecule has 0 saturated carbocycles. The number of alkyl halides is 1. The molecular formula is C9H7IN2O5S2. The van der Waals surface area contributed by atoms with Gasteiger partial charge in [0.15, 0.2) is 0 Å². The van der Waals surface area contributed by atoms with Crippen molar-refractivity contribution in [3.8, 4) is 0 Å². The van der Waals surface area contributed by atoms with Crippen molar-refractivity contribution in [3.63, 3.8) is 0 Å². The number of rotatable bonds is 6. The van der Waals surface area contributed by atoms with Gasteiger partial charge in [-0.2, -0.15) is 0 Å². The molecule has 0 aliphatic heterocycles. The fourth-order valence-corrected chi connectivity index (χ4v) is 3.74. The first-order valence-corrected chi connectivity index (χ1v) is 8.07. The number of carbonyl (C=O) groups excluding carboxylic acids is 1. The highest BCUT2D eigenvalue weighted by molar-refractivity contribution is 14.1. The smallest absolute Gasteiger partial charge is 0.342 e. The van der Waals surface area contributed by atoms with Crippen molar-refractivity contribution in [2.24, 2.45) is 5.73 Å². The molecule has 102 valence electrons. The second-order valence-electron chi connectivity index (χ2n) is 3.14. The second-order valence-corrected chi connectivity index (χ2v) is 7.61. The molecule has 0 aromatic heterocycles. The fraction of sp³-hybridized carbons (Fsp3) is 0.111. The number of halogens is 1. The van der Waals surface area contributed by atoms with Gasteiger partial charge in [-0.05, 0) is 12.1 Å². The number of nitrogens with two attached hydrogens (primary N) is 1. The van der Waals surface area contributed by atoms with Crippen LogP contribution in [0, 0.1) is 10.1 Å². The summed E-state index contributed by atoms with van der Waals surface area (Å²) in [7, 11) is 2.27. The third-order valence-electron chi connectivity index (χ3n) is 1.85. The van der Waals surface area contributed by atoms with Crippen LogP contribution in [0.3, 0.4) is 0 Å². The van der Waals surface area contributed by atoms with Crippen LogP contribution in [0.25, 0.3) is 0 Å². The maximum Gasteiger partial charge on any atom is 0.342 e. The number of primary amides is 1. The van der Waals surface area contributed by atoms with Gasteiger partial charge in [-0.25, -0.2) is 4.79 Å². The summed E-state index contributed by atoms with van der Waals surface area (Å²) in [5.41, 5.74) is 4.22. The Labute approximate surface area is 129 Å². The van der Waals surface area contributed by atoms with Crippen LogP contribution in [-0.4, -0.2) is 25.2 Å². The lowest BCUT2D eigenvalue weighted by molar-refractivity contribution is -0.385. The van der Waals surface area contributed by atoms with Gasteiger partial charge >= 0.3 is 5.97 Å². The van der Waals surface area contributed by atoms with E-state index in [1.165, 1.54) is 12.1 Å². The zero-order chi connectivity index (χ0) is 14.6. The third-order valence-corrected chi connectivity index (χ3v) is 6.65. The van der Waals surface area contributed by atoms with Gasteiger partial charge in [-0.3, -0.25) is 14.9 Å². The quantitative estimate of drug-likeness (QED) is 0.241. The maximum absolute atomic E-state index is 10.9.